The minimum absolute atomic E-state index is 0.793. The first kappa shape index (κ1) is 12.8. The molecule has 0 aliphatic rings. The molecule has 3 aromatic rings. The summed E-state index contributed by atoms with van der Waals surface area (Å²) in [5.74, 6) is 0. The van der Waals surface area contributed by atoms with Gasteiger partial charge in [0.05, 0.1) is 18.6 Å². The van der Waals surface area contributed by atoms with Crippen LogP contribution in [0.4, 0.5) is 0 Å². The highest BCUT2D eigenvalue weighted by molar-refractivity contribution is 5.73. The second-order valence-corrected chi connectivity index (χ2v) is 4.95. The Bertz CT molecular complexity index is 688. The summed E-state index contributed by atoms with van der Waals surface area (Å²) in [5.41, 5.74) is 4.18. The van der Waals surface area contributed by atoms with Gasteiger partial charge in [-0.05, 0) is 18.4 Å². The summed E-state index contributed by atoms with van der Waals surface area (Å²) in [6, 6.07) is 10.4. The molecule has 20 heavy (non-hydrogen) atoms. The van der Waals surface area contributed by atoms with Gasteiger partial charge in [-0.3, -0.25) is 0 Å². The molecule has 0 aliphatic heterocycles. The third-order valence-corrected chi connectivity index (χ3v) is 3.44. The Balaban J connectivity index is 1.93. The van der Waals surface area contributed by atoms with Crippen LogP contribution in [0.15, 0.2) is 43.0 Å². The summed E-state index contributed by atoms with van der Waals surface area (Å²) in [5, 5.41) is 0. The lowest BCUT2D eigenvalue weighted by molar-refractivity contribution is 0.776. The van der Waals surface area contributed by atoms with Crippen molar-refractivity contribution in [1.82, 2.24) is 19.5 Å². The lowest BCUT2D eigenvalue weighted by atomic mass is 10.2. The maximum absolute atomic E-state index is 4.51. The Morgan fingerprint density at radius 1 is 1.05 bits per heavy atom. The van der Waals surface area contributed by atoms with Crippen molar-refractivity contribution in [1.29, 1.82) is 0 Å². The van der Waals surface area contributed by atoms with Gasteiger partial charge in [0.2, 0.25) is 0 Å². The number of benzene rings is 1. The van der Waals surface area contributed by atoms with Crippen LogP contribution in [-0.2, 0) is 13.0 Å². The molecule has 0 radical (unpaired) electrons. The number of imidazole rings is 1. The largest absolute Gasteiger partial charge is 0.311 e. The SMILES string of the molecule is CCCCc1ncnc2c1ncn2Cc1ccccc1. The van der Waals surface area contributed by atoms with E-state index in [2.05, 4.69) is 50.7 Å². The van der Waals surface area contributed by atoms with Crippen LogP contribution >= 0.6 is 0 Å². The maximum Gasteiger partial charge on any atom is 0.163 e. The first-order chi connectivity index (χ1) is 9.88. The molecule has 0 saturated heterocycles. The third-order valence-electron chi connectivity index (χ3n) is 3.44. The average Bonchev–Trinajstić information content (AvgIpc) is 2.90. The number of hydrogen-bond donors (Lipinski definition) is 0. The highest BCUT2D eigenvalue weighted by Crippen LogP contribution is 2.16. The minimum Gasteiger partial charge on any atom is -0.311 e. The molecule has 4 heteroatoms. The second-order valence-electron chi connectivity index (χ2n) is 4.95. The van der Waals surface area contributed by atoms with E-state index in [-0.39, 0.29) is 0 Å². The van der Waals surface area contributed by atoms with Crippen molar-refractivity contribution in [2.75, 3.05) is 0 Å². The zero-order valence-corrected chi connectivity index (χ0v) is 11.7. The van der Waals surface area contributed by atoms with E-state index in [9.17, 15) is 0 Å². The van der Waals surface area contributed by atoms with Gasteiger partial charge in [-0.2, -0.15) is 0 Å². The molecule has 2 heterocycles. The number of unbranched alkanes of at least 4 members (excludes halogenated alkanes) is 1. The maximum atomic E-state index is 4.51. The number of aryl methyl sites for hydroxylation is 1. The fraction of sp³-hybridized carbons (Fsp3) is 0.312. The average molecular weight is 266 g/mol. The summed E-state index contributed by atoms with van der Waals surface area (Å²) in [6.45, 7) is 2.98. The Kier molecular flexibility index (Phi) is 3.72. The van der Waals surface area contributed by atoms with Gasteiger partial charge in [0.25, 0.3) is 0 Å². The van der Waals surface area contributed by atoms with E-state index >= 15 is 0 Å². The highest BCUT2D eigenvalue weighted by Gasteiger charge is 2.09. The van der Waals surface area contributed by atoms with Crippen LogP contribution < -0.4 is 0 Å². The molecule has 0 bridgehead atoms. The monoisotopic (exact) mass is 266 g/mol. The molecule has 0 saturated carbocycles. The third kappa shape index (κ3) is 2.54. The van der Waals surface area contributed by atoms with Crippen molar-refractivity contribution < 1.29 is 0 Å². The molecule has 0 fully saturated rings. The number of hydrogen-bond acceptors (Lipinski definition) is 3. The first-order valence-electron chi connectivity index (χ1n) is 7.07. The van der Waals surface area contributed by atoms with Crippen molar-refractivity contribution in [3.05, 3.63) is 54.2 Å². The smallest absolute Gasteiger partial charge is 0.163 e. The lowest BCUT2D eigenvalue weighted by Crippen LogP contribution is -2.00. The Hall–Kier alpha value is -2.23. The van der Waals surface area contributed by atoms with Crippen molar-refractivity contribution in [3.8, 4) is 0 Å². The van der Waals surface area contributed by atoms with Crippen LogP contribution in [-0.4, -0.2) is 19.5 Å². The molecular weight excluding hydrogens is 248 g/mol. The molecule has 0 atom stereocenters. The van der Waals surface area contributed by atoms with Gasteiger partial charge in [0.15, 0.2) is 5.65 Å². The fourth-order valence-electron chi connectivity index (χ4n) is 2.35. The number of rotatable bonds is 5. The Morgan fingerprint density at radius 2 is 1.90 bits per heavy atom. The highest BCUT2D eigenvalue weighted by atomic mass is 15.1. The molecule has 102 valence electrons. The van der Waals surface area contributed by atoms with Crippen LogP contribution in [0.1, 0.15) is 31.0 Å². The van der Waals surface area contributed by atoms with Gasteiger partial charge < -0.3 is 4.57 Å². The molecule has 0 spiro atoms. The van der Waals surface area contributed by atoms with Crippen LogP contribution in [0, 0.1) is 0 Å². The second kappa shape index (κ2) is 5.82. The molecule has 2 aromatic heterocycles. The van der Waals surface area contributed by atoms with Crippen molar-refractivity contribution >= 4 is 11.2 Å². The summed E-state index contributed by atoms with van der Waals surface area (Å²) in [7, 11) is 0. The van der Waals surface area contributed by atoms with Gasteiger partial charge >= 0.3 is 0 Å². The zero-order chi connectivity index (χ0) is 13.8. The topological polar surface area (TPSA) is 43.6 Å². The van der Waals surface area contributed by atoms with E-state index in [1.165, 1.54) is 5.56 Å². The summed E-state index contributed by atoms with van der Waals surface area (Å²) >= 11 is 0. The fourth-order valence-corrected chi connectivity index (χ4v) is 2.35. The zero-order valence-electron chi connectivity index (χ0n) is 11.7. The molecule has 0 unspecified atom stereocenters. The van der Waals surface area contributed by atoms with Gasteiger partial charge in [-0.15, -0.1) is 0 Å². The van der Waals surface area contributed by atoms with Crippen molar-refractivity contribution in [3.63, 3.8) is 0 Å². The lowest BCUT2D eigenvalue weighted by Gasteiger charge is -2.04. The number of aromatic nitrogens is 4. The van der Waals surface area contributed by atoms with Crippen LogP contribution in [0.2, 0.25) is 0 Å². The van der Waals surface area contributed by atoms with Gasteiger partial charge in [0.1, 0.15) is 11.8 Å². The summed E-state index contributed by atoms with van der Waals surface area (Å²) < 4.78 is 2.09. The van der Waals surface area contributed by atoms with Crippen molar-refractivity contribution in [2.24, 2.45) is 0 Å². The number of nitrogens with zero attached hydrogens (tertiary/aromatic N) is 4. The molecule has 0 aliphatic carbocycles. The summed E-state index contributed by atoms with van der Waals surface area (Å²) in [6.07, 6.45) is 6.78. The predicted molar refractivity (Wildman–Crippen MR) is 79.5 cm³/mol. The Labute approximate surface area is 118 Å². The number of fused-ring (bicyclic) bond motifs is 1. The molecule has 0 amide bonds. The van der Waals surface area contributed by atoms with Crippen LogP contribution in [0.5, 0.6) is 0 Å². The van der Waals surface area contributed by atoms with E-state index in [1.54, 1.807) is 6.33 Å². The molecular formula is C16H18N4. The van der Waals surface area contributed by atoms with E-state index < -0.39 is 0 Å². The molecule has 4 nitrogen and oxygen atoms in total. The van der Waals surface area contributed by atoms with E-state index in [0.29, 0.717) is 0 Å². The van der Waals surface area contributed by atoms with E-state index in [0.717, 1.165) is 42.7 Å². The first-order valence-corrected chi connectivity index (χ1v) is 7.07. The van der Waals surface area contributed by atoms with Crippen LogP contribution in [0.3, 0.4) is 0 Å². The van der Waals surface area contributed by atoms with Gasteiger partial charge in [-0.25, -0.2) is 15.0 Å². The molecule has 1 aromatic carbocycles. The summed E-state index contributed by atoms with van der Waals surface area (Å²) in [4.78, 5) is 13.3. The van der Waals surface area contributed by atoms with Gasteiger partial charge in [-0.1, -0.05) is 43.7 Å². The predicted octanol–water partition coefficient (Wildman–Crippen LogP) is 3.22. The molecule has 3 rings (SSSR count). The minimum atomic E-state index is 0.793. The van der Waals surface area contributed by atoms with E-state index in [4.69, 9.17) is 0 Å². The standard InChI is InChI=1S/C16H18N4/c1-2-3-9-14-15-16(18-11-17-14)20(12-19-15)10-13-7-5-4-6-8-13/h4-8,11-12H,2-3,9-10H2,1H3. The van der Waals surface area contributed by atoms with Gasteiger partial charge in [0, 0.05) is 0 Å². The Morgan fingerprint density at radius 3 is 2.70 bits per heavy atom. The van der Waals surface area contributed by atoms with E-state index in [1.807, 2.05) is 12.4 Å². The van der Waals surface area contributed by atoms with Crippen molar-refractivity contribution in [2.45, 2.75) is 32.7 Å². The quantitative estimate of drug-likeness (QED) is 0.712. The van der Waals surface area contributed by atoms with Crippen LogP contribution in [0.25, 0.3) is 11.2 Å². The normalized spacial score (nSPS) is 11.1. The molecule has 0 N–H and O–H groups in total.